The van der Waals surface area contributed by atoms with Gasteiger partial charge in [0, 0.05) is 61.4 Å². The largest absolute Gasteiger partial charge is 0.385 e. The zero-order chi connectivity index (χ0) is 43.7. The average molecular weight is 947 g/mol. The number of rotatable bonds is 7. The molecule has 9 rings (SSSR count). The zero-order valence-electron chi connectivity index (χ0n) is 33.8. The number of nitrogens with one attached hydrogen (secondary N) is 2. The molecule has 5 heterocycles. The summed E-state index contributed by atoms with van der Waals surface area (Å²) in [5, 5.41) is 0. The lowest BCUT2D eigenvalue weighted by Crippen LogP contribution is -2.49. The second-order valence-electron chi connectivity index (χ2n) is 15.8. The van der Waals surface area contributed by atoms with Gasteiger partial charge in [-0.15, -0.1) is 0 Å². The number of halogens is 7. The van der Waals surface area contributed by atoms with Crippen LogP contribution in [0.4, 0.5) is 26.3 Å². The molecule has 0 aliphatic carbocycles. The van der Waals surface area contributed by atoms with E-state index in [4.69, 9.17) is 9.97 Å². The highest BCUT2D eigenvalue weighted by molar-refractivity contribution is 14.1. The third kappa shape index (κ3) is 7.15. The van der Waals surface area contributed by atoms with Crippen LogP contribution in [-0.4, -0.2) is 29.8 Å². The molecule has 2 aliphatic rings. The van der Waals surface area contributed by atoms with Gasteiger partial charge >= 0.3 is 15.8 Å². The van der Waals surface area contributed by atoms with Crippen LogP contribution in [0.2, 0.25) is 0 Å². The number of alkyl halides is 7. The summed E-state index contributed by atoms with van der Waals surface area (Å²) in [5.74, 6) is -11.2. The molecule has 0 saturated heterocycles. The quantitative estimate of drug-likeness (QED) is 0.0950. The van der Waals surface area contributed by atoms with Gasteiger partial charge in [-0.2, -0.15) is 26.3 Å². The molecule has 0 radical (unpaired) electrons. The van der Waals surface area contributed by atoms with Crippen LogP contribution in [-0.2, 0) is 5.92 Å². The minimum absolute atomic E-state index is 0.0134. The van der Waals surface area contributed by atoms with E-state index in [1.807, 2.05) is 107 Å². The van der Waals surface area contributed by atoms with Crippen LogP contribution in [0.15, 0.2) is 115 Å². The van der Waals surface area contributed by atoms with Gasteiger partial charge in [0.1, 0.15) is 0 Å². The lowest BCUT2D eigenvalue weighted by molar-refractivity contribution is -0.276. The predicted molar refractivity (Wildman–Crippen MR) is 247 cm³/mol. The van der Waals surface area contributed by atoms with Crippen LogP contribution in [0.5, 0.6) is 0 Å². The summed E-state index contributed by atoms with van der Waals surface area (Å²) in [7, 11) is 0. The monoisotopic (exact) mass is 946 g/mol. The summed E-state index contributed by atoms with van der Waals surface area (Å²) >= 11 is 0.0947. The molecule has 11 heteroatoms. The van der Waals surface area contributed by atoms with Crippen molar-refractivity contribution < 1.29 is 26.3 Å². The molecular formula is C51H37F6IN4. The summed E-state index contributed by atoms with van der Waals surface area (Å²) in [4.78, 5) is 16.9. The number of nitrogens with zero attached hydrogens (tertiary/aromatic N) is 2. The molecule has 0 fully saturated rings. The van der Waals surface area contributed by atoms with Gasteiger partial charge in [0.15, 0.2) is 0 Å². The van der Waals surface area contributed by atoms with Crippen LogP contribution >= 0.6 is 22.6 Å². The van der Waals surface area contributed by atoms with Gasteiger partial charge in [0.25, 0.3) is 0 Å². The molecule has 0 atom stereocenters. The van der Waals surface area contributed by atoms with Gasteiger partial charge in [-0.25, -0.2) is 9.97 Å². The van der Waals surface area contributed by atoms with E-state index in [1.165, 1.54) is 0 Å². The molecule has 2 aliphatic heterocycles. The zero-order valence-corrected chi connectivity index (χ0v) is 36.0. The fraction of sp³-hybridized carbons (Fsp3) is 0.137. The minimum atomic E-state index is -5.81. The second kappa shape index (κ2) is 15.3. The molecule has 0 spiro atoms. The van der Waals surface area contributed by atoms with Gasteiger partial charge in [-0.05, 0) is 92.5 Å². The summed E-state index contributed by atoms with van der Waals surface area (Å²) in [6, 6.07) is 34.4. The maximum atomic E-state index is 16.8. The molecule has 0 unspecified atom stereocenters. The molecule has 0 amide bonds. The molecular weight excluding hydrogens is 909 g/mol. The first-order valence-electron chi connectivity index (χ1n) is 19.8. The minimum Gasteiger partial charge on any atom is -0.354 e. The van der Waals surface area contributed by atoms with Crippen LogP contribution in [0.25, 0.3) is 90.9 Å². The van der Waals surface area contributed by atoms with Crippen molar-refractivity contribution >= 4 is 69.0 Å². The van der Waals surface area contributed by atoms with Crippen LogP contribution < -0.4 is 0 Å². The molecule has 2 N–H and O–H groups in total. The average Bonchev–Trinajstić information content (AvgIpc) is 4.07. The van der Waals surface area contributed by atoms with E-state index in [1.54, 1.807) is 54.6 Å². The van der Waals surface area contributed by atoms with Crippen molar-refractivity contribution in [2.24, 2.45) is 0 Å². The Kier molecular flexibility index (Phi) is 10.2. The number of hydrogen-bond acceptors (Lipinski definition) is 2. The Labute approximate surface area is 367 Å². The van der Waals surface area contributed by atoms with Crippen LogP contribution in [0.3, 0.4) is 0 Å². The van der Waals surface area contributed by atoms with Gasteiger partial charge in [-0.3, -0.25) is 0 Å². The Bertz CT molecular complexity index is 3120. The van der Waals surface area contributed by atoms with E-state index in [0.29, 0.717) is 50.4 Å². The second-order valence-corrected chi connectivity index (χ2v) is 17.2. The number of aromatic nitrogens is 4. The molecule has 62 heavy (non-hydrogen) atoms. The third-order valence-corrected chi connectivity index (χ3v) is 12.0. The molecule has 4 nitrogen and oxygen atoms in total. The fourth-order valence-electron chi connectivity index (χ4n) is 7.97. The first kappa shape index (κ1) is 41.2. The normalized spacial score (nSPS) is 13.0. The Hall–Kier alpha value is -6.21. The molecule has 4 aromatic carbocycles. The molecule has 310 valence electrons. The van der Waals surface area contributed by atoms with Crippen molar-refractivity contribution in [1.29, 1.82) is 0 Å². The topological polar surface area (TPSA) is 57.4 Å². The number of aryl methyl sites for hydroxylation is 4. The van der Waals surface area contributed by atoms with Gasteiger partial charge in [0.2, 0.25) is 0 Å². The molecule has 8 bridgehead atoms. The highest BCUT2D eigenvalue weighted by Gasteiger charge is 2.71. The van der Waals surface area contributed by atoms with Crippen molar-refractivity contribution in [2.75, 3.05) is 0 Å². The van der Waals surface area contributed by atoms with E-state index >= 15 is 17.6 Å². The first-order chi connectivity index (χ1) is 29.5. The number of benzene rings is 4. The van der Waals surface area contributed by atoms with Crippen molar-refractivity contribution in [3.63, 3.8) is 0 Å². The fourth-order valence-corrected chi connectivity index (χ4v) is 8.31. The maximum absolute atomic E-state index is 16.8. The van der Waals surface area contributed by atoms with Crippen molar-refractivity contribution in [3.8, 4) is 44.5 Å². The SMILES string of the molecule is Cc1ccc(-c2c3nc(c(-c4ccc(C)cc4)c4ccc([nH]4)c(-c4ccc(C)cc4)c4cc(C(F)(F)C(F)(F)C(F)(F)I)c([nH]4)c(-c4ccc(C)cc4)c4nc2C=C4)C=C3)cc1. The summed E-state index contributed by atoms with van der Waals surface area (Å²) < 4.78 is 89.6. The number of H-pyrrole nitrogens is 2. The highest BCUT2D eigenvalue weighted by Crippen LogP contribution is 2.56. The third-order valence-electron chi connectivity index (χ3n) is 11.3. The van der Waals surface area contributed by atoms with E-state index in [2.05, 4.69) is 9.97 Å². The van der Waals surface area contributed by atoms with Gasteiger partial charge < -0.3 is 9.97 Å². The van der Waals surface area contributed by atoms with Crippen molar-refractivity contribution in [2.45, 2.75) is 43.5 Å². The van der Waals surface area contributed by atoms with E-state index in [-0.39, 0.29) is 39.4 Å². The van der Waals surface area contributed by atoms with E-state index in [9.17, 15) is 8.78 Å². The smallest absolute Gasteiger partial charge is 0.354 e. The Morgan fingerprint density at radius 2 is 0.774 bits per heavy atom. The number of aromatic amines is 2. The molecule has 0 saturated carbocycles. The van der Waals surface area contributed by atoms with Crippen molar-refractivity contribution in [3.05, 3.63) is 166 Å². The maximum Gasteiger partial charge on any atom is 0.385 e. The van der Waals surface area contributed by atoms with Crippen LogP contribution in [0, 0.1) is 27.7 Å². The number of fused-ring (bicyclic) bond motifs is 8. The standard InChI is InChI=1S/C51H37F6IN4/c1-28-5-13-32(14-6-28)44-37-21-22-38(59-37)45(33-15-7-29(2)8-16-33)40-25-26-42(61-40)47(35-19-11-31(4)12-20-35)48-36(49(52,53)50(54,55)51(56,57)58)27-43(62-48)46(41-24-23-39(44)60-41)34-17-9-30(3)10-18-34/h5-27,60,62H,1-4H3. The lowest BCUT2D eigenvalue weighted by atomic mass is 9.96. The molecule has 3 aromatic heterocycles. The molecule has 7 aromatic rings. The van der Waals surface area contributed by atoms with Crippen LogP contribution in [0.1, 0.15) is 50.6 Å². The Morgan fingerprint density at radius 3 is 1.21 bits per heavy atom. The van der Waals surface area contributed by atoms with Gasteiger partial charge in [-0.1, -0.05) is 119 Å². The number of hydrogen-bond donors (Lipinski definition) is 2. The van der Waals surface area contributed by atoms with E-state index in [0.717, 1.165) is 45.0 Å². The van der Waals surface area contributed by atoms with Crippen molar-refractivity contribution in [1.82, 2.24) is 19.9 Å². The highest BCUT2D eigenvalue weighted by atomic mass is 127. The predicted octanol–water partition coefficient (Wildman–Crippen LogP) is 15.3. The first-order valence-corrected chi connectivity index (χ1v) is 20.9. The Morgan fingerprint density at radius 1 is 0.419 bits per heavy atom. The summed E-state index contributed by atoms with van der Waals surface area (Å²) in [5.41, 5.74) is 9.17. The summed E-state index contributed by atoms with van der Waals surface area (Å²) in [6.45, 7) is 7.71. The summed E-state index contributed by atoms with van der Waals surface area (Å²) in [6.07, 6.45) is 7.21. The Balaban J connectivity index is 1.55. The van der Waals surface area contributed by atoms with Gasteiger partial charge in [0.05, 0.1) is 33.9 Å². The lowest BCUT2D eigenvalue weighted by Gasteiger charge is -2.29. The van der Waals surface area contributed by atoms with E-state index < -0.39 is 26.9 Å².